The maximum atomic E-state index is 8.73. The smallest absolute Gasteiger partial charge is 0.0399 e. The van der Waals surface area contributed by atoms with Crippen LogP contribution in [-0.4, -0.2) is 9.97 Å². The number of hydrogen-bond donors (Lipinski definition) is 0. The molecular formula is C35H34IrN2-2. The first-order valence-electron chi connectivity index (χ1n) is 13.9. The fourth-order valence-corrected chi connectivity index (χ4v) is 3.86. The predicted octanol–water partition coefficient (Wildman–Crippen LogP) is 8.84. The molecule has 0 spiro atoms. The molecule has 0 aliphatic heterocycles. The van der Waals surface area contributed by atoms with Gasteiger partial charge in [0.2, 0.25) is 0 Å². The van der Waals surface area contributed by atoms with Crippen molar-refractivity contribution in [2.24, 2.45) is 5.41 Å². The van der Waals surface area contributed by atoms with Gasteiger partial charge in [0.1, 0.15) is 0 Å². The molecule has 0 fully saturated rings. The number of hydrogen-bond acceptors (Lipinski definition) is 2. The first-order valence-corrected chi connectivity index (χ1v) is 12.4. The van der Waals surface area contributed by atoms with Gasteiger partial charge < -0.3 is 9.97 Å². The number of benzene rings is 3. The van der Waals surface area contributed by atoms with Crippen LogP contribution in [0.2, 0.25) is 0 Å². The van der Waals surface area contributed by atoms with Gasteiger partial charge in [0.15, 0.2) is 0 Å². The molecule has 195 valence electrons. The molecular weight excluding hydrogens is 641 g/mol. The Morgan fingerprint density at radius 2 is 1.29 bits per heavy atom. The Kier molecular flexibility index (Phi) is 9.15. The van der Waals surface area contributed by atoms with Crippen molar-refractivity contribution < 1.29 is 24.2 Å². The van der Waals surface area contributed by atoms with Gasteiger partial charge >= 0.3 is 0 Å². The number of aromatic nitrogens is 2. The molecule has 5 rings (SSSR count). The summed E-state index contributed by atoms with van der Waals surface area (Å²) in [6, 6.07) is 39.0. The standard InChI is InChI=1S/C19H16N.C16H18N.Ir/c1-15(16-8-4-2-5-9-16)18-12-13-20-19(14-18)17-10-6-3-7-11-17;1-16(2,3)12-13-9-10-17-15(11-13)14-7-5-4-6-8-14;/h2-10,12-15H,1H3;4-7,9-11H,12H2,1-3H3;/q2*-1;/i15D;12D2;. The van der Waals surface area contributed by atoms with Crippen LogP contribution in [0.15, 0.2) is 116 Å². The molecule has 2 heterocycles. The summed E-state index contributed by atoms with van der Waals surface area (Å²) in [6.07, 6.45) is 2.02. The van der Waals surface area contributed by atoms with E-state index in [0.717, 1.165) is 33.6 Å². The Morgan fingerprint density at radius 1 is 0.737 bits per heavy atom. The van der Waals surface area contributed by atoms with Crippen LogP contribution in [0.25, 0.3) is 22.5 Å². The molecule has 1 radical (unpaired) electrons. The van der Waals surface area contributed by atoms with Crippen molar-refractivity contribution in [2.75, 3.05) is 0 Å². The predicted molar refractivity (Wildman–Crippen MR) is 154 cm³/mol. The third-order valence-electron chi connectivity index (χ3n) is 5.65. The monoisotopic (exact) mass is 678 g/mol. The summed E-state index contributed by atoms with van der Waals surface area (Å²) in [7, 11) is 0. The molecule has 0 N–H and O–H groups in total. The molecule has 0 aliphatic carbocycles. The van der Waals surface area contributed by atoms with E-state index in [1.807, 2.05) is 125 Å². The van der Waals surface area contributed by atoms with Crippen molar-refractivity contribution in [3.63, 3.8) is 0 Å². The van der Waals surface area contributed by atoms with Crippen molar-refractivity contribution in [3.05, 3.63) is 144 Å². The molecule has 38 heavy (non-hydrogen) atoms. The summed E-state index contributed by atoms with van der Waals surface area (Å²) in [5.41, 5.74) is 5.52. The van der Waals surface area contributed by atoms with Crippen molar-refractivity contribution in [2.45, 2.75) is 40.0 Å². The van der Waals surface area contributed by atoms with E-state index in [-0.39, 0.29) is 20.1 Å². The van der Waals surface area contributed by atoms with Gasteiger partial charge in [0, 0.05) is 42.5 Å². The van der Waals surface area contributed by atoms with Gasteiger partial charge in [0.05, 0.1) is 0 Å². The average molecular weight is 678 g/mol. The molecule has 0 saturated heterocycles. The number of nitrogens with zero attached hydrogens (tertiary/aromatic N) is 2. The van der Waals surface area contributed by atoms with Crippen molar-refractivity contribution in [1.82, 2.24) is 9.97 Å². The third kappa shape index (κ3) is 8.58. The summed E-state index contributed by atoms with van der Waals surface area (Å²) in [5, 5.41) is 0. The molecule has 0 saturated carbocycles. The summed E-state index contributed by atoms with van der Waals surface area (Å²) in [4.78, 5) is 8.71. The Morgan fingerprint density at radius 3 is 1.84 bits per heavy atom. The van der Waals surface area contributed by atoms with E-state index >= 15 is 0 Å². The maximum Gasteiger partial charge on any atom is 0.0399 e. The van der Waals surface area contributed by atoms with Crippen LogP contribution >= 0.6 is 0 Å². The zero-order valence-corrected chi connectivity index (χ0v) is 24.6. The topological polar surface area (TPSA) is 25.8 Å². The number of rotatable bonds is 5. The minimum absolute atomic E-state index is 0. The van der Waals surface area contributed by atoms with Gasteiger partial charge in [-0.2, -0.15) is 0 Å². The van der Waals surface area contributed by atoms with E-state index in [1.54, 1.807) is 18.5 Å². The molecule has 5 aromatic rings. The van der Waals surface area contributed by atoms with E-state index in [0.29, 0.717) is 5.56 Å². The van der Waals surface area contributed by atoms with Gasteiger partial charge in [-0.3, -0.25) is 0 Å². The molecule has 0 amide bonds. The Hall–Kier alpha value is -3.39. The van der Waals surface area contributed by atoms with Crippen LogP contribution in [-0.2, 0) is 26.5 Å². The van der Waals surface area contributed by atoms with Crippen molar-refractivity contribution >= 4 is 0 Å². The maximum absolute atomic E-state index is 8.73. The second kappa shape index (κ2) is 14.0. The van der Waals surface area contributed by atoms with Crippen LogP contribution in [0.5, 0.6) is 0 Å². The Labute approximate surface area is 245 Å². The quantitative estimate of drug-likeness (QED) is 0.174. The molecule has 1 atom stereocenters. The van der Waals surface area contributed by atoms with Crippen molar-refractivity contribution in [1.29, 1.82) is 0 Å². The molecule has 3 heteroatoms. The number of pyridine rings is 2. The first-order chi connectivity index (χ1) is 19.0. The van der Waals surface area contributed by atoms with Gasteiger partial charge in [-0.25, -0.2) is 0 Å². The molecule has 3 aromatic carbocycles. The van der Waals surface area contributed by atoms with Crippen LogP contribution in [0.1, 0.15) is 54.4 Å². The third-order valence-corrected chi connectivity index (χ3v) is 5.65. The molecule has 2 nitrogen and oxygen atoms in total. The minimum atomic E-state index is -1.40. The summed E-state index contributed by atoms with van der Waals surface area (Å²) >= 11 is 0. The normalized spacial score (nSPS) is 13.8. The Bertz CT molecular complexity index is 1520. The van der Waals surface area contributed by atoms with Gasteiger partial charge in [0.25, 0.3) is 0 Å². The van der Waals surface area contributed by atoms with E-state index in [9.17, 15) is 0 Å². The van der Waals surface area contributed by atoms with E-state index in [4.69, 9.17) is 4.11 Å². The summed E-state index contributed by atoms with van der Waals surface area (Å²) < 4.78 is 25.3. The van der Waals surface area contributed by atoms with Crippen LogP contribution in [0, 0.1) is 17.5 Å². The first kappa shape index (κ1) is 24.9. The van der Waals surface area contributed by atoms with E-state index in [1.165, 1.54) is 0 Å². The molecule has 0 aliphatic rings. The second-order valence-electron chi connectivity index (χ2n) is 9.78. The van der Waals surface area contributed by atoms with Gasteiger partial charge in [-0.15, -0.1) is 71.8 Å². The zero-order valence-electron chi connectivity index (χ0n) is 25.2. The fraction of sp³-hybridized carbons (Fsp3) is 0.200. The fourth-order valence-electron chi connectivity index (χ4n) is 3.86. The second-order valence-corrected chi connectivity index (χ2v) is 9.78. The Balaban J connectivity index is 0.000000221. The molecule has 1 unspecified atom stereocenters. The summed E-state index contributed by atoms with van der Waals surface area (Å²) in [6.45, 7) is 7.63. The zero-order chi connectivity index (χ0) is 28.8. The van der Waals surface area contributed by atoms with Crippen LogP contribution in [0.3, 0.4) is 0 Å². The minimum Gasteiger partial charge on any atom is -0.305 e. The van der Waals surface area contributed by atoms with E-state index < -0.39 is 17.7 Å². The summed E-state index contributed by atoms with van der Waals surface area (Å²) in [5.74, 6) is -0.798. The van der Waals surface area contributed by atoms with Gasteiger partial charge in [-0.05, 0) is 46.4 Å². The van der Waals surface area contributed by atoms with E-state index in [2.05, 4.69) is 22.1 Å². The van der Waals surface area contributed by atoms with Crippen LogP contribution < -0.4 is 0 Å². The molecule has 2 aromatic heterocycles. The SMILES string of the molecule is [2H]C(C)(c1ccccc1)c1ccnc(-c2[c-]cccc2)c1.[2H]C([2H])(c1ccnc(-c2[c-]cccc2)c1)C(C)(C)C.[Ir]. The average Bonchev–Trinajstić information content (AvgIpc) is 2.98. The van der Waals surface area contributed by atoms with Crippen molar-refractivity contribution in [3.8, 4) is 22.5 Å². The molecule has 0 bridgehead atoms. The largest absolute Gasteiger partial charge is 0.305 e. The van der Waals surface area contributed by atoms with Crippen LogP contribution in [0.4, 0.5) is 0 Å². The van der Waals surface area contributed by atoms with Gasteiger partial charge in [-0.1, -0.05) is 75.7 Å².